The Kier molecular flexibility index (Phi) is 5.60. The average molecular weight is 640 g/mol. The molecule has 0 spiro atoms. The zero-order chi connectivity index (χ0) is 32.8. The molecule has 0 aliphatic carbocycles. The molecule has 0 aliphatic heterocycles. The van der Waals surface area contributed by atoms with Crippen LogP contribution in [0.5, 0.6) is 0 Å². The third-order valence-electron chi connectivity index (χ3n) is 10.2. The minimum Gasteiger partial charge on any atom is -0.309 e. The molecule has 0 saturated heterocycles. The van der Waals surface area contributed by atoms with Gasteiger partial charge in [0.15, 0.2) is 5.65 Å². The van der Waals surface area contributed by atoms with E-state index in [-0.39, 0.29) is 0 Å². The molecular weight excluding hydrogens is 611 g/mol. The second-order valence-corrected chi connectivity index (χ2v) is 12.9. The van der Waals surface area contributed by atoms with Gasteiger partial charge in [-0.2, -0.15) is 4.98 Å². The van der Waals surface area contributed by atoms with Crippen molar-refractivity contribution in [3.8, 4) is 28.2 Å². The maximum Gasteiger partial charge on any atom is 0.222 e. The first-order valence-corrected chi connectivity index (χ1v) is 17.0. The summed E-state index contributed by atoms with van der Waals surface area (Å²) in [6.07, 6.45) is 0. The van der Waals surface area contributed by atoms with Gasteiger partial charge in [0, 0.05) is 33.2 Å². The van der Waals surface area contributed by atoms with Crippen LogP contribution < -0.4 is 0 Å². The Bertz CT molecular complexity index is 3070. The third-order valence-corrected chi connectivity index (χ3v) is 10.2. The van der Waals surface area contributed by atoms with Gasteiger partial charge in [-0.3, -0.25) is 13.5 Å². The van der Waals surface area contributed by atoms with Gasteiger partial charge in [0.25, 0.3) is 0 Å². The minimum atomic E-state index is 0.901. The van der Waals surface area contributed by atoms with Gasteiger partial charge in [-0.15, -0.1) is 0 Å². The molecule has 0 bridgehead atoms. The van der Waals surface area contributed by atoms with E-state index in [1.807, 2.05) is 0 Å². The van der Waals surface area contributed by atoms with Crippen LogP contribution >= 0.6 is 0 Å². The van der Waals surface area contributed by atoms with Crippen LogP contribution in [0.15, 0.2) is 176 Å². The lowest BCUT2D eigenvalue weighted by Gasteiger charge is -2.10. The standard InChI is InChI=1S/C45H29N5/c1-3-13-30(14-4-1)31-23-25-33(26-24-31)47-38-19-9-7-17-35(38)37-29-34(27-28-40(37)47)48-39-20-10-8-18-36(39)43-44(48)46-45-49(32-15-5-2-6-16-32)41-21-11-12-22-42(41)50(43)45/h1-29H. The van der Waals surface area contributed by atoms with Gasteiger partial charge in [-0.25, -0.2) is 0 Å². The molecule has 4 heterocycles. The summed E-state index contributed by atoms with van der Waals surface area (Å²) in [7, 11) is 0. The fourth-order valence-electron chi connectivity index (χ4n) is 8.01. The quantitative estimate of drug-likeness (QED) is 0.189. The Hall–Kier alpha value is -6.85. The van der Waals surface area contributed by atoms with Crippen molar-refractivity contribution in [3.05, 3.63) is 176 Å². The van der Waals surface area contributed by atoms with E-state index in [4.69, 9.17) is 4.98 Å². The maximum absolute atomic E-state index is 5.45. The van der Waals surface area contributed by atoms with Gasteiger partial charge in [-0.1, -0.05) is 109 Å². The molecule has 0 amide bonds. The SMILES string of the molecule is c1ccc(-c2ccc(-n3c4ccccc4c4cc(-n5c6ccccc6c6c5nc5n(-c7ccccc7)c7ccccc7n65)ccc43)cc2)cc1. The fourth-order valence-corrected chi connectivity index (χ4v) is 8.01. The molecule has 0 atom stereocenters. The Morgan fingerprint density at radius 3 is 1.64 bits per heavy atom. The van der Waals surface area contributed by atoms with E-state index >= 15 is 0 Å². The molecule has 50 heavy (non-hydrogen) atoms. The van der Waals surface area contributed by atoms with E-state index in [1.54, 1.807) is 0 Å². The summed E-state index contributed by atoms with van der Waals surface area (Å²) >= 11 is 0. The Morgan fingerprint density at radius 2 is 0.880 bits per heavy atom. The zero-order valence-electron chi connectivity index (χ0n) is 27.0. The first-order chi connectivity index (χ1) is 24.8. The van der Waals surface area contributed by atoms with Crippen molar-refractivity contribution >= 4 is 60.7 Å². The monoisotopic (exact) mass is 639 g/mol. The number of nitrogens with zero attached hydrogens (tertiary/aromatic N) is 5. The molecule has 5 nitrogen and oxygen atoms in total. The highest BCUT2D eigenvalue weighted by Gasteiger charge is 2.24. The van der Waals surface area contributed by atoms with E-state index in [1.165, 1.54) is 38.3 Å². The summed E-state index contributed by atoms with van der Waals surface area (Å²) in [5.41, 5.74) is 13.6. The minimum absolute atomic E-state index is 0.901. The highest BCUT2D eigenvalue weighted by atomic mass is 15.2. The highest BCUT2D eigenvalue weighted by molar-refractivity contribution is 6.12. The highest BCUT2D eigenvalue weighted by Crippen LogP contribution is 2.39. The second kappa shape index (κ2) is 10.3. The molecule has 0 radical (unpaired) electrons. The Labute approximate surface area is 287 Å². The average Bonchev–Trinajstić information content (AvgIpc) is 3.90. The van der Waals surface area contributed by atoms with Crippen LogP contribution in [-0.2, 0) is 0 Å². The summed E-state index contributed by atoms with van der Waals surface area (Å²) < 4.78 is 9.32. The summed E-state index contributed by atoms with van der Waals surface area (Å²) in [4.78, 5) is 5.45. The van der Waals surface area contributed by atoms with E-state index in [0.29, 0.717) is 0 Å². The smallest absolute Gasteiger partial charge is 0.222 e. The molecular formula is C45H29N5. The normalized spacial score (nSPS) is 12.0. The van der Waals surface area contributed by atoms with Crippen LogP contribution in [-0.4, -0.2) is 23.1 Å². The number of imidazole rings is 2. The van der Waals surface area contributed by atoms with Crippen molar-refractivity contribution in [2.45, 2.75) is 0 Å². The second-order valence-electron chi connectivity index (χ2n) is 12.9. The number of para-hydroxylation sites is 5. The molecule has 11 rings (SSSR count). The molecule has 234 valence electrons. The summed E-state index contributed by atoms with van der Waals surface area (Å²) in [6.45, 7) is 0. The van der Waals surface area contributed by atoms with Crippen LogP contribution in [0.3, 0.4) is 0 Å². The molecule has 0 unspecified atom stereocenters. The van der Waals surface area contributed by atoms with Gasteiger partial charge in [0.05, 0.1) is 27.6 Å². The predicted octanol–water partition coefficient (Wildman–Crippen LogP) is 11.1. The molecule has 11 aromatic rings. The van der Waals surface area contributed by atoms with Crippen molar-refractivity contribution < 1.29 is 0 Å². The van der Waals surface area contributed by atoms with Crippen molar-refractivity contribution in [1.82, 2.24) is 23.1 Å². The first kappa shape index (κ1) is 27.1. The van der Waals surface area contributed by atoms with Crippen molar-refractivity contribution in [2.24, 2.45) is 0 Å². The largest absolute Gasteiger partial charge is 0.309 e. The number of benzene rings is 7. The Balaban J connectivity index is 1.17. The van der Waals surface area contributed by atoms with Crippen LogP contribution in [0.4, 0.5) is 0 Å². The van der Waals surface area contributed by atoms with Gasteiger partial charge in [-0.05, 0) is 77.9 Å². The van der Waals surface area contributed by atoms with Gasteiger partial charge in [0.2, 0.25) is 5.78 Å². The lowest BCUT2D eigenvalue weighted by atomic mass is 10.1. The number of hydrogen-bond donors (Lipinski definition) is 0. The van der Waals surface area contributed by atoms with Crippen molar-refractivity contribution in [3.63, 3.8) is 0 Å². The third kappa shape index (κ3) is 3.74. The van der Waals surface area contributed by atoms with E-state index in [0.717, 1.165) is 50.6 Å². The maximum atomic E-state index is 5.45. The molecule has 7 aromatic carbocycles. The van der Waals surface area contributed by atoms with Gasteiger partial charge < -0.3 is 4.57 Å². The molecule has 4 aromatic heterocycles. The topological polar surface area (TPSA) is 32.1 Å². The summed E-state index contributed by atoms with van der Waals surface area (Å²) in [6, 6.07) is 62.8. The zero-order valence-corrected chi connectivity index (χ0v) is 27.0. The number of aromatic nitrogens is 5. The van der Waals surface area contributed by atoms with Crippen LogP contribution in [0.1, 0.15) is 0 Å². The van der Waals surface area contributed by atoms with Gasteiger partial charge >= 0.3 is 0 Å². The van der Waals surface area contributed by atoms with E-state index in [9.17, 15) is 0 Å². The molecule has 0 N–H and O–H groups in total. The number of rotatable bonds is 4. The fraction of sp³-hybridized carbons (Fsp3) is 0. The van der Waals surface area contributed by atoms with E-state index in [2.05, 4.69) is 194 Å². The molecule has 0 fully saturated rings. The lowest BCUT2D eigenvalue weighted by molar-refractivity contribution is 1.09. The Morgan fingerprint density at radius 1 is 0.340 bits per heavy atom. The number of fused-ring (bicyclic) bond motifs is 10. The molecule has 5 heteroatoms. The van der Waals surface area contributed by atoms with Crippen molar-refractivity contribution in [2.75, 3.05) is 0 Å². The molecule has 0 aliphatic rings. The van der Waals surface area contributed by atoms with E-state index < -0.39 is 0 Å². The summed E-state index contributed by atoms with van der Waals surface area (Å²) in [5.74, 6) is 0.901. The summed E-state index contributed by atoms with van der Waals surface area (Å²) in [5, 5.41) is 3.60. The van der Waals surface area contributed by atoms with Crippen LogP contribution in [0.2, 0.25) is 0 Å². The van der Waals surface area contributed by atoms with Crippen molar-refractivity contribution in [1.29, 1.82) is 0 Å². The lowest BCUT2D eigenvalue weighted by Crippen LogP contribution is -1.97. The number of hydrogen-bond acceptors (Lipinski definition) is 1. The van der Waals surface area contributed by atoms with Gasteiger partial charge in [0.1, 0.15) is 5.52 Å². The molecule has 0 saturated carbocycles. The predicted molar refractivity (Wildman–Crippen MR) is 206 cm³/mol. The first-order valence-electron chi connectivity index (χ1n) is 17.0. The van der Waals surface area contributed by atoms with Crippen LogP contribution in [0, 0.1) is 0 Å². The van der Waals surface area contributed by atoms with Crippen LogP contribution in [0.25, 0.3) is 88.9 Å².